The van der Waals surface area contributed by atoms with Crippen molar-refractivity contribution in [3.63, 3.8) is 0 Å². The Morgan fingerprint density at radius 2 is 2.04 bits per heavy atom. The third-order valence-electron chi connectivity index (χ3n) is 3.58. The number of morpholine rings is 1. The lowest BCUT2D eigenvalue weighted by Crippen LogP contribution is -2.41. The molecule has 0 saturated carbocycles. The quantitative estimate of drug-likeness (QED) is 0.846. The molecule has 1 saturated heterocycles. The van der Waals surface area contributed by atoms with Gasteiger partial charge < -0.3 is 15.4 Å². The van der Waals surface area contributed by atoms with E-state index in [-0.39, 0.29) is 5.91 Å². The summed E-state index contributed by atoms with van der Waals surface area (Å²) in [5, 5.41) is 8.60. The van der Waals surface area contributed by atoms with Gasteiger partial charge in [-0.25, -0.2) is 4.98 Å². The number of nitrogens with one attached hydrogen (secondary N) is 2. The van der Waals surface area contributed by atoms with E-state index in [1.165, 1.54) is 11.3 Å². The molecule has 0 unspecified atom stereocenters. The number of hydrogen-bond acceptors (Lipinski definition) is 6. The van der Waals surface area contributed by atoms with E-state index >= 15 is 0 Å². The Labute approximate surface area is 139 Å². The van der Waals surface area contributed by atoms with Gasteiger partial charge in [-0.15, -0.1) is 11.3 Å². The van der Waals surface area contributed by atoms with Crippen LogP contribution in [-0.4, -0.2) is 55.2 Å². The number of amides is 1. The van der Waals surface area contributed by atoms with Crippen LogP contribution in [0.15, 0.2) is 35.7 Å². The zero-order valence-electron chi connectivity index (χ0n) is 12.8. The Hall–Kier alpha value is -1.96. The Bertz CT molecular complexity index is 626. The minimum absolute atomic E-state index is 0.129. The fourth-order valence-corrected chi connectivity index (χ4v) is 3.03. The third-order valence-corrected chi connectivity index (χ3v) is 4.34. The molecule has 3 rings (SSSR count). The van der Waals surface area contributed by atoms with Crippen molar-refractivity contribution in [2.45, 2.75) is 0 Å². The molecule has 0 radical (unpaired) electrons. The standard InChI is InChI=1S/C16H20N4O2S/c21-15(17-6-7-20-8-10-22-11-9-20)14-12-23-16(19-14)18-13-4-2-1-3-5-13/h1-5,12H,6-11H2,(H,17,21)(H,18,19). The normalized spacial score (nSPS) is 15.3. The molecular weight excluding hydrogens is 312 g/mol. The Morgan fingerprint density at radius 1 is 1.26 bits per heavy atom. The molecule has 1 aromatic heterocycles. The molecule has 2 heterocycles. The second kappa shape index (κ2) is 8.05. The number of anilines is 2. The van der Waals surface area contributed by atoms with Crippen LogP contribution in [0, 0.1) is 0 Å². The molecule has 1 amide bonds. The number of para-hydroxylation sites is 1. The van der Waals surface area contributed by atoms with Gasteiger partial charge in [0.05, 0.1) is 13.2 Å². The summed E-state index contributed by atoms with van der Waals surface area (Å²) in [7, 11) is 0. The first-order chi connectivity index (χ1) is 11.3. The zero-order chi connectivity index (χ0) is 15.9. The second-order valence-corrected chi connectivity index (χ2v) is 6.10. The van der Waals surface area contributed by atoms with Crippen LogP contribution in [-0.2, 0) is 4.74 Å². The van der Waals surface area contributed by atoms with E-state index in [9.17, 15) is 4.79 Å². The Kier molecular flexibility index (Phi) is 5.57. The molecule has 1 aromatic carbocycles. The van der Waals surface area contributed by atoms with Gasteiger partial charge in [0, 0.05) is 37.2 Å². The summed E-state index contributed by atoms with van der Waals surface area (Å²) >= 11 is 1.42. The van der Waals surface area contributed by atoms with Gasteiger partial charge in [0.25, 0.3) is 5.91 Å². The fourth-order valence-electron chi connectivity index (χ4n) is 2.32. The number of carbonyl (C=O) groups is 1. The number of hydrogen-bond donors (Lipinski definition) is 2. The van der Waals surface area contributed by atoms with Crippen LogP contribution in [0.3, 0.4) is 0 Å². The molecule has 6 nitrogen and oxygen atoms in total. The van der Waals surface area contributed by atoms with Gasteiger partial charge in [-0.05, 0) is 12.1 Å². The number of carbonyl (C=O) groups excluding carboxylic acids is 1. The fraction of sp³-hybridized carbons (Fsp3) is 0.375. The topological polar surface area (TPSA) is 66.5 Å². The molecule has 1 aliphatic rings. The number of benzene rings is 1. The number of rotatable bonds is 6. The molecule has 23 heavy (non-hydrogen) atoms. The van der Waals surface area contributed by atoms with E-state index in [1.807, 2.05) is 30.3 Å². The Morgan fingerprint density at radius 3 is 2.83 bits per heavy atom. The van der Waals surface area contributed by atoms with Gasteiger partial charge in [0.2, 0.25) is 0 Å². The highest BCUT2D eigenvalue weighted by Gasteiger charge is 2.13. The summed E-state index contributed by atoms with van der Waals surface area (Å²) in [6.07, 6.45) is 0. The van der Waals surface area contributed by atoms with Crippen molar-refractivity contribution in [2.75, 3.05) is 44.7 Å². The van der Waals surface area contributed by atoms with Crippen LogP contribution in [0.4, 0.5) is 10.8 Å². The lowest BCUT2D eigenvalue weighted by molar-refractivity contribution is 0.0383. The van der Waals surface area contributed by atoms with Crippen molar-refractivity contribution in [3.05, 3.63) is 41.4 Å². The molecule has 0 bridgehead atoms. The molecule has 7 heteroatoms. The van der Waals surface area contributed by atoms with Crippen molar-refractivity contribution in [1.29, 1.82) is 0 Å². The molecule has 0 aliphatic carbocycles. The number of nitrogens with zero attached hydrogens (tertiary/aromatic N) is 2. The minimum atomic E-state index is -0.129. The Balaban J connectivity index is 1.46. The predicted octanol–water partition coefficient (Wildman–Crippen LogP) is 1.95. The molecule has 122 valence electrons. The van der Waals surface area contributed by atoms with Gasteiger partial charge in [0.1, 0.15) is 5.69 Å². The van der Waals surface area contributed by atoms with Crippen LogP contribution in [0.1, 0.15) is 10.5 Å². The van der Waals surface area contributed by atoms with Crippen LogP contribution in [0.2, 0.25) is 0 Å². The van der Waals surface area contributed by atoms with Crippen molar-refractivity contribution >= 4 is 28.1 Å². The summed E-state index contributed by atoms with van der Waals surface area (Å²) in [6, 6.07) is 9.79. The zero-order valence-corrected chi connectivity index (χ0v) is 13.6. The monoisotopic (exact) mass is 332 g/mol. The largest absolute Gasteiger partial charge is 0.379 e. The highest BCUT2D eigenvalue weighted by Crippen LogP contribution is 2.20. The van der Waals surface area contributed by atoms with Crippen molar-refractivity contribution < 1.29 is 9.53 Å². The second-order valence-electron chi connectivity index (χ2n) is 5.24. The minimum Gasteiger partial charge on any atom is -0.379 e. The number of aromatic nitrogens is 1. The van der Waals surface area contributed by atoms with Crippen LogP contribution >= 0.6 is 11.3 Å². The first kappa shape index (κ1) is 15.9. The maximum absolute atomic E-state index is 12.1. The number of ether oxygens (including phenoxy) is 1. The average Bonchev–Trinajstić information content (AvgIpc) is 3.05. The van der Waals surface area contributed by atoms with E-state index in [4.69, 9.17) is 4.74 Å². The maximum atomic E-state index is 12.1. The SMILES string of the molecule is O=C(NCCN1CCOCC1)c1csc(Nc2ccccc2)n1. The van der Waals surface area contributed by atoms with Gasteiger partial charge >= 0.3 is 0 Å². The summed E-state index contributed by atoms with van der Waals surface area (Å²) < 4.78 is 5.30. The van der Waals surface area contributed by atoms with E-state index in [2.05, 4.69) is 20.5 Å². The molecule has 0 atom stereocenters. The van der Waals surface area contributed by atoms with Gasteiger partial charge in [0.15, 0.2) is 5.13 Å². The third kappa shape index (κ3) is 4.75. The number of thiazole rings is 1. The molecule has 1 fully saturated rings. The first-order valence-corrected chi connectivity index (χ1v) is 8.55. The molecule has 2 aromatic rings. The van der Waals surface area contributed by atoms with Crippen molar-refractivity contribution in [2.24, 2.45) is 0 Å². The van der Waals surface area contributed by atoms with E-state index in [0.29, 0.717) is 12.2 Å². The van der Waals surface area contributed by atoms with Crippen LogP contribution in [0.5, 0.6) is 0 Å². The van der Waals surface area contributed by atoms with Crippen molar-refractivity contribution in [1.82, 2.24) is 15.2 Å². The average molecular weight is 332 g/mol. The van der Waals surface area contributed by atoms with E-state index < -0.39 is 0 Å². The van der Waals surface area contributed by atoms with Crippen LogP contribution in [0.25, 0.3) is 0 Å². The summed E-state index contributed by atoms with van der Waals surface area (Å²) in [6.45, 7) is 4.87. The molecule has 2 N–H and O–H groups in total. The highest BCUT2D eigenvalue weighted by molar-refractivity contribution is 7.14. The summed E-state index contributed by atoms with van der Waals surface area (Å²) in [5.74, 6) is -0.129. The van der Waals surface area contributed by atoms with Gasteiger partial charge in [-0.3, -0.25) is 9.69 Å². The van der Waals surface area contributed by atoms with Crippen LogP contribution < -0.4 is 10.6 Å². The van der Waals surface area contributed by atoms with E-state index in [1.54, 1.807) is 5.38 Å². The maximum Gasteiger partial charge on any atom is 0.270 e. The molecule has 1 aliphatic heterocycles. The molecule has 0 spiro atoms. The van der Waals surface area contributed by atoms with E-state index in [0.717, 1.165) is 43.7 Å². The first-order valence-electron chi connectivity index (χ1n) is 7.67. The lowest BCUT2D eigenvalue weighted by Gasteiger charge is -2.26. The molecular formula is C16H20N4O2S. The predicted molar refractivity (Wildman–Crippen MR) is 91.4 cm³/mol. The lowest BCUT2D eigenvalue weighted by atomic mass is 10.3. The van der Waals surface area contributed by atoms with Gasteiger partial charge in [-0.2, -0.15) is 0 Å². The van der Waals surface area contributed by atoms with Gasteiger partial charge in [-0.1, -0.05) is 18.2 Å². The summed E-state index contributed by atoms with van der Waals surface area (Å²) in [5.41, 5.74) is 1.41. The van der Waals surface area contributed by atoms with Crippen molar-refractivity contribution in [3.8, 4) is 0 Å². The highest BCUT2D eigenvalue weighted by atomic mass is 32.1. The summed E-state index contributed by atoms with van der Waals surface area (Å²) in [4.78, 5) is 18.7. The smallest absolute Gasteiger partial charge is 0.270 e.